The highest BCUT2D eigenvalue weighted by molar-refractivity contribution is 5.96. The fourth-order valence-electron chi connectivity index (χ4n) is 3.68. The molecule has 7 heteroatoms. The van der Waals surface area contributed by atoms with Crippen LogP contribution in [-0.2, 0) is 4.74 Å². The summed E-state index contributed by atoms with van der Waals surface area (Å²) >= 11 is 0. The number of amides is 1. The molecule has 4 rings (SSSR count). The van der Waals surface area contributed by atoms with Crippen molar-refractivity contribution in [2.75, 3.05) is 40.0 Å². The number of fused-ring (bicyclic) bond motifs is 1. The molecule has 1 amide bonds. The minimum absolute atomic E-state index is 0.00385. The van der Waals surface area contributed by atoms with Crippen molar-refractivity contribution in [2.45, 2.75) is 6.04 Å². The summed E-state index contributed by atoms with van der Waals surface area (Å²) < 4.78 is 16.0. The minimum atomic E-state index is -0.640. The van der Waals surface area contributed by atoms with Crippen LogP contribution >= 0.6 is 0 Å². The highest BCUT2D eigenvalue weighted by Crippen LogP contribution is 2.24. The Bertz CT molecular complexity index is 1070. The van der Waals surface area contributed by atoms with Gasteiger partial charge in [-0.15, -0.1) is 0 Å². The maximum absolute atomic E-state index is 12.8. The molecule has 3 aromatic rings. The van der Waals surface area contributed by atoms with Crippen LogP contribution in [0.25, 0.3) is 11.0 Å². The lowest BCUT2D eigenvalue weighted by molar-refractivity contribution is 0.0162. The van der Waals surface area contributed by atoms with Gasteiger partial charge in [0.1, 0.15) is 16.9 Å². The molecule has 0 spiro atoms. The number of morpholine rings is 1. The summed E-state index contributed by atoms with van der Waals surface area (Å²) in [6.45, 7) is 3.19. The second-order valence-electron chi connectivity index (χ2n) is 7.13. The van der Waals surface area contributed by atoms with Crippen LogP contribution in [-0.4, -0.2) is 50.8 Å². The highest BCUT2D eigenvalue weighted by Gasteiger charge is 2.24. The average Bonchev–Trinajstić information content (AvgIpc) is 2.79. The molecule has 0 saturated carbocycles. The Morgan fingerprint density at radius 2 is 1.87 bits per heavy atom. The number of hydrogen-bond donors (Lipinski definition) is 1. The van der Waals surface area contributed by atoms with Crippen LogP contribution in [0.15, 0.2) is 63.8 Å². The number of para-hydroxylation sites is 1. The van der Waals surface area contributed by atoms with Gasteiger partial charge >= 0.3 is 5.63 Å². The first-order valence-corrected chi connectivity index (χ1v) is 9.92. The Balaban J connectivity index is 1.54. The average molecular weight is 408 g/mol. The maximum atomic E-state index is 12.8. The lowest BCUT2D eigenvalue weighted by Crippen LogP contribution is -2.44. The van der Waals surface area contributed by atoms with E-state index in [-0.39, 0.29) is 11.6 Å². The third-order valence-corrected chi connectivity index (χ3v) is 5.33. The standard InChI is InChI=1S/C23H24N2O5/c1-28-18-8-6-16(7-9-18)20(25-10-12-29-13-11-25)15-24-22(26)19-14-17-4-2-3-5-21(17)30-23(19)27/h2-9,14,20H,10-13,15H2,1H3,(H,24,26)/t20-/m0/s1. The van der Waals surface area contributed by atoms with Gasteiger partial charge in [0.15, 0.2) is 0 Å². The summed E-state index contributed by atoms with van der Waals surface area (Å²) in [4.78, 5) is 27.4. The van der Waals surface area contributed by atoms with Crippen LogP contribution in [0.4, 0.5) is 0 Å². The summed E-state index contributed by atoms with van der Waals surface area (Å²) in [5.41, 5.74) is 0.884. The van der Waals surface area contributed by atoms with Crippen molar-refractivity contribution in [3.63, 3.8) is 0 Å². The largest absolute Gasteiger partial charge is 0.497 e. The molecule has 7 nitrogen and oxygen atoms in total. The highest BCUT2D eigenvalue weighted by atomic mass is 16.5. The number of benzene rings is 2. The van der Waals surface area contributed by atoms with Crippen LogP contribution in [0.2, 0.25) is 0 Å². The van der Waals surface area contributed by atoms with E-state index in [0.717, 1.165) is 24.4 Å². The smallest absolute Gasteiger partial charge is 0.349 e. The Hall–Kier alpha value is -3.16. The van der Waals surface area contributed by atoms with Gasteiger partial charge in [0, 0.05) is 25.0 Å². The zero-order valence-electron chi connectivity index (χ0n) is 16.8. The van der Waals surface area contributed by atoms with E-state index in [1.165, 1.54) is 0 Å². The fourth-order valence-corrected chi connectivity index (χ4v) is 3.68. The first-order chi connectivity index (χ1) is 14.7. The quantitative estimate of drug-likeness (QED) is 0.632. The van der Waals surface area contributed by atoms with Crippen molar-refractivity contribution in [2.24, 2.45) is 0 Å². The van der Waals surface area contributed by atoms with Crippen LogP contribution in [0.1, 0.15) is 22.0 Å². The number of methoxy groups -OCH3 is 1. The van der Waals surface area contributed by atoms with Crippen molar-refractivity contribution in [1.29, 1.82) is 0 Å². The molecule has 1 N–H and O–H groups in total. The molecule has 1 aliphatic heterocycles. The second kappa shape index (κ2) is 9.11. The van der Waals surface area contributed by atoms with Gasteiger partial charge in [-0.05, 0) is 29.8 Å². The van der Waals surface area contributed by atoms with Crippen molar-refractivity contribution in [3.8, 4) is 5.75 Å². The van der Waals surface area contributed by atoms with Gasteiger partial charge in [-0.25, -0.2) is 4.79 Å². The van der Waals surface area contributed by atoms with Crippen LogP contribution in [0.5, 0.6) is 5.75 Å². The number of carbonyl (C=O) groups excluding carboxylic acids is 1. The molecular formula is C23H24N2O5. The first-order valence-electron chi connectivity index (χ1n) is 9.92. The molecule has 0 radical (unpaired) electrons. The van der Waals surface area contributed by atoms with Gasteiger partial charge in [-0.3, -0.25) is 9.69 Å². The molecule has 1 aliphatic rings. The van der Waals surface area contributed by atoms with Gasteiger partial charge in [0.25, 0.3) is 5.91 Å². The van der Waals surface area contributed by atoms with Gasteiger partial charge in [-0.2, -0.15) is 0 Å². The molecule has 1 atom stereocenters. The molecular weight excluding hydrogens is 384 g/mol. The molecule has 30 heavy (non-hydrogen) atoms. The summed E-state index contributed by atoms with van der Waals surface area (Å²) in [6.07, 6.45) is 0. The molecule has 2 heterocycles. The van der Waals surface area contributed by atoms with Gasteiger partial charge in [0.05, 0.1) is 26.4 Å². The van der Waals surface area contributed by atoms with E-state index in [4.69, 9.17) is 13.9 Å². The van der Waals surface area contributed by atoms with Crippen molar-refractivity contribution < 1.29 is 18.7 Å². The second-order valence-corrected chi connectivity index (χ2v) is 7.13. The third-order valence-electron chi connectivity index (χ3n) is 5.33. The summed E-state index contributed by atoms with van der Waals surface area (Å²) in [7, 11) is 1.63. The van der Waals surface area contributed by atoms with Crippen molar-refractivity contribution in [1.82, 2.24) is 10.2 Å². The van der Waals surface area contributed by atoms with Gasteiger partial charge in [-0.1, -0.05) is 30.3 Å². The Kier molecular flexibility index (Phi) is 6.11. The molecule has 2 aromatic carbocycles. The maximum Gasteiger partial charge on any atom is 0.349 e. The summed E-state index contributed by atoms with van der Waals surface area (Å²) in [5, 5.41) is 3.63. The number of ether oxygens (including phenoxy) is 2. The summed E-state index contributed by atoms with van der Waals surface area (Å²) in [6, 6.07) is 16.5. The van der Waals surface area contributed by atoms with Crippen LogP contribution in [0.3, 0.4) is 0 Å². The Labute approximate surface area is 174 Å². The van der Waals surface area contributed by atoms with E-state index in [1.54, 1.807) is 25.3 Å². The SMILES string of the molecule is COc1ccc([C@H](CNC(=O)c2cc3ccccc3oc2=O)N2CCOCC2)cc1. The fraction of sp³-hybridized carbons (Fsp3) is 0.304. The van der Waals surface area contributed by atoms with E-state index in [2.05, 4.69) is 10.2 Å². The first kappa shape index (κ1) is 20.1. The molecule has 1 aromatic heterocycles. The number of nitrogens with one attached hydrogen (secondary N) is 1. The van der Waals surface area contributed by atoms with Gasteiger partial charge in [0.2, 0.25) is 0 Å². The predicted octanol–water partition coefficient (Wildman–Crippen LogP) is 2.60. The number of rotatable bonds is 6. The van der Waals surface area contributed by atoms with Crippen molar-refractivity contribution in [3.05, 3.63) is 76.1 Å². The summed E-state index contributed by atoms with van der Waals surface area (Å²) in [5.74, 6) is 0.332. The molecule has 0 unspecified atom stereocenters. The lowest BCUT2D eigenvalue weighted by Gasteiger charge is -2.35. The van der Waals surface area contributed by atoms with E-state index in [0.29, 0.717) is 30.7 Å². The number of nitrogens with zero attached hydrogens (tertiary/aromatic N) is 1. The number of hydrogen-bond acceptors (Lipinski definition) is 6. The Morgan fingerprint density at radius 3 is 2.60 bits per heavy atom. The number of carbonyl (C=O) groups is 1. The lowest BCUT2D eigenvalue weighted by atomic mass is 10.0. The van der Waals surface area contributed by atoms with Crippen LogP contribution < -0.4 is 15.7 Å². The monoisotopic (exact) mass is 408 g/mol. The third kappa shape index (κ3) is 4.37. The molecule has 0 bridgehead atoms. The topological polar surface area (TPSA) is 81.0 Å². The molecule has 1 saturated heterocycles. The minimum Gasteiger partial charge on any atom is -0.497 e. The molecule has 1 fully saturated rings. The predicted molar refractivity (Wildman–Crippen MR) is 113 cm³/mol. The molecule has 156 valence electrons. The van der Waals surface area contributed by atoms with Crippen LogP contribution in [0, 0.1) is 0 Å². The van der Waals surface area contributed by atoms with E-state index < -0.39 is 11.5 Å². The van der Waals surface area contributed by atoms with E-state index in [1.807, 2.05) is 36.4 Å². The van der Waals surface area contributed by atoms with Gasteiger partial charge < -0.3 is 19.2 Å². The van der Waals surface area contributed by atoms with Crippen molar-refractivity contribution >= 4 is 16.9 Å². The van der Waals surface area contributed by atoms with E-state index >= 15 is 0 Å². The van der Waals surface area contributed by atoms with E-state index in [9.17, 15) is 9.59 Å². The normalized spacial score (nSPS) is 15.6. The Morgan fingerprint density at radius 1 is 1.13 bits per heavy atom. The molecule has 0 aliphatic carbocycles. The zero-order chi connectivity index (χ0) is 20.9. The zero-order valence-corrected chi connectivity index (χ0v) is 16.8.